The van der Waals surface area contributed by atoms with Gasteiger partial charge in [-0.2, -0.15) is 0 Å². The van der Waals surface area contributed by atoms with E-state index in [1.54, 1.807) is 11.0 Å². The summed E-state index contributed by atoms with van der Waals surface area (Å²) in [6.45, 7) is 11.2. The zero-order chi connectivity index (χ0) is 22.8. The fourth-order valence-electron chi connectivity index (χ4n) is 4.28. The Morgan fingerprint density at radius 2 is 2.00 bits per heavy atom. The molecule has 1 aromatic carbocycles. The molecule has 0 fully saturated rings. The van der Waals surface area contributed by atoms with Crippen LogP contribution < -0.4 is 4.74 Å². The van der Waals surface area contributed by atoms with Gasteiger partial charge < -0.3 is 14.7 Å². The molecule has 0 unspecified atom stereocenters. The van der Waals surface area contributed by atoms with Gasteiger partial charge in [0.05, 0.1) is 6.61 Å². The molecule has 1 amide bonds. The first kappa shape index (κ1) is 23.4. The quantitative estimate of drug-likeness (QED) is 0.662. The third-order valence-electron chi connectivity index (χ3n) is 6.39. The van der Waals surface area contributed by atoms with Gasteiger partial charge in [0.2, 0.25) is 0 Å². The van der Waals surface area contributed by atoms with Crippen LogP contribution in [-0.2, 0) is 11.2 Å². The molecular formula is C26H38N2O3. The molecule has 31 heavy (non-hydrogen) atoms. The normalized spacial score (nSPS) is 17.1. The molecule has 1 N–H and O–H groups in total. The van der Waals surface area contributed by atoms with E-state index >= 15 is 0 Å². The smallest absolute Gasteiger partial charge is 0.253 e. The summed E-state index contributed by atoms with van der Waals surface area (Å²) in [6, 6.07) is 5.69. The van der Waals surface area contributed by atoms with Crippen molar-refractivity contribution in [3.8, 4) is 11.5 Å². The average molecular weight is 427 g/mol. The van der Waals surface area contributed by atoms with Crippen molar-refractivity contribution in [3.05, 3.63) is 46.6 Å². The van der Waals surface area contributed by atoms with Crippen LogP contribution in [0.15, 0.2) is 41.0 Å². The second kappa shape index (κ2) is 9.47. The minimum atomic E-state index is 0.000450. The molecule has 1 aliphatic carbocycles. The van der Waals surface area contributed by atoms with Crippen LogP contribution in [0.4, 0.5) is 0 Å². The number of carbonyl (C=O) groups is 1. The predicted octanol–water partition coefficient (Wildman–Crippen LogP) is 4.56. The Bertz CT molecular complexity index is 881. The van der Waals surface area contributed by atoms with E-state index in [4.69, 9.17) is 4.74 Å². The van der Waals surface area contributed by atoms with E-state index < -0.39 is 0 Å². The number of aromatic hydroxyl groups is 1. The van der Waals surface area contributed by atoms with Crippen molar-refractivity contribution in [2.75, 3.05) is 33.8 Å². The van der Waals surface area contributed by atoms with Crippen LogP contribution in [0.25, 0.3) is 0 Å². The Hall–Kier alpha value is -2.27. The average Bonchev–Trinajstić information content (AvgIpc) is 3.17. The number of ether oxygens (including phenoxy) is 1. The van der Waals surface area contributed by atoms with Gasteiger partial charge in [-0.05, 0) is 68.7 Å². The molecule has 3 rings (SSSR count). The van der Waals surface area contributed by atoms with E-state index in [0.29, 0.717) is 18.3 Å². The second-order valence-corrected chi connectivity index (χ2v) is 10.1. The number of hydrogen-bond donors (Lipinski definition) is 1. The van der Waals surface area contributed by atoms with Crippen LogP contribution in [0.1, 0.15) is 52.5 Å². The van der Waals surface area contributed by atoms with Crippen LogP contribution >= 0.6 is 0 Å². The van der Waals surface area contributed by atoms with Crippen LogP contribution in [0.3, 0.4) is 0 Å². The molecule has 5 heteroatoms. The summed E-state index contributed by atoms with van der Waals surface area (Å²) < 4.78 is 5.78. The number of allylic oxidation sites excluding steroid dienone is 1. The van der Waals surface area contributed by atoms with Gasteiger partial charge >= 0.3 is 0 Å². The summed E-state index contributed by atoms with van der Waals surface area (Å²) in [6.07, 6.45) is 6.02. The Morgan fingerprint density at radius 1 is 1.26 bits per heavy atom. The van der Waals surface area contributed by atoms with Crippen molar-refractivity contribution in [3.63, 3.8) is 0 Å². The monoisotopic (exact) mass is 426 g/mol. The lowest BCUT2D eigenvalue weighted by atomic mass is 9.92. The predicted molar refractivity (Wildman–Crippen MR) is 125 cm³/mol. The summed E-state index contributed by atoms with van der Waals surface area (Å²) >= 11 is 0. The van der Waals surface area contributed by atoms with Crippen molar-refractivity contribution < 1.29 is 14.6 Å². The number of hydrogen-bond acceptors (Lipinski definition) is 4. The van der Waals surface area contributed by atoms with E-state index in [1.807, 2.05) is 26.2 Å². The molecule has 0 spiro atoms. The van der Waals surface area contributed by atoms with E-state index in [2.05, 4.69) is 38.7 Å². The standard InChI is InChI=1S/C26H38N2O3/c1-18(2)17-31-24-14-19(10-11-23(24)29)12-13-26(3,4)28-15-20-8-7-9-21(22(20)16-28)25(30)27(5)6/h9-11,14,18,29H,7-8,12-13,15-17H2,1-6H3. The number of nitrogens with zero attached hydrogens (tertiary/aromatic N) is 2. The first-order chi connectivity index (χ1) is 14.6. The van der Waals surface area contributed by atoms with Gasteiger partial charge in [0.15, 0.2) is 11.5 Å². The molecule has 0 bridgehead atoms. The second-order valence-electron chi connectivity index (χ2n) is 10.1. The summed E-state index contributed by atoms with van der Waals surface area (Å²) in [7, 11) is 3.65. The van der Waals surface area contributed by atoms with Crippen LogP contribution in [0, 0.1) is 5.92 Å². The number of amides is 1. The molecule has 170 valence electrons. The first-order valence-electron chi connectivity index (χ1n) is 11.4. The zero-order valence-electron chi connectivity index (χ0n) is 20.0. The lowest BCUT2D eigenvalue weighted by molar-refractivity contribution is -0.124. The highest BCUT2D eigenvalue weighted by Gasteiger charge is 2.36. The SMILES string of the molecule is CC(C)COc1cc(CCC(C)(C)N2CC3=C(C2)C(C(=O)N(C)C)=CCC3)ccc1O. The molecule has 1 heterocycles. The molecular weight excluding hydrogens is 388 g/mol. The lowest BCUT2D eigenvalue weighted by Crippen LogP contribution is -2.43. The summed E-state index contributed by atoms with van der Waals surface area (Å²) in [5.74, 6) is 1.29. The van der Waals surface area contributed by atoms with E-state index in [0.717, 1.165) is 44.3 Å². The third kappa shape index (κ3) is 5.51. The molecule has 0 saturated heterocycles. The van der Waals surface area contributed by atoms with E-state index in [9.17, 15) is 9.90 Å². The molecule has 5 nitrogen and oxygen atoms in total. The van der Waals surface area contributed by atoms with Gasteiger partial charge in [-0.3, -0.25) is 9.69 Å². The van der Waals surface area contributed by atoms with Crippen LogP contribution in [0.5, 0.6) is 11.5 Å². The number of carbonyl (C=O) groups excluding carboxylic acids is 1. The third-order valence-corrected chi connectivity index (χ3v) is 6.39. The summed E-state index contributed by atoms with van der Waals surface area (Å²) in [4.78, 5) is 16.8. The Labute approximate surface area is 187 Å². The fraction of sp³-hybridized carbons (Fsp3) is 0.577. The van der Waals surface area contributed by atoms with Gasteiger partial charge in [0.25, 0.3) is 5.91 Å². The summed E-state index contributed by atoms with van der Waals surface area (Å²) in [5, 5.41) is 10.1. The number of likely N-dealkylation sites (N-methyl/N-ethyl adjacent to an activating group) is 1. The lowest BCUT2D eigenvalue weighted by Gasteiger charge is -2.36. The molecule has 0 radical (unpaired) electrons. The van der Waals surface area contributed by atoms with Crippen molar-refractivity contribution in [1.82, 2.24) is 9.80 Å². The van der Waals surface area contributed by atoms with E-state index in [1.165, 1.54) is 16.7 Å². The highest BCUT2D eigenvalue weighted by atomic mass is 16.5. The van der Waals surface area contributed by atoms with Gasteiger partial charge in [-0.25, -0.2) is 0 Å². The van der Waals surface area contributed by atoms with Gasteiger partial charge in [0.1, 0.15) is 0 Å². The number of benzene rings is 1. The van der Waals surface area contributed by atoms with Gasteiger partial charge in [0, 0.05) is 38.3 Å². The Kier molecular flexibility index (Phi) is 7.15. The Morgan fingerprint density at radius 3 is 2.68 bits per heavy atom. The highest BCUT2D eigenvalue weighted by Crippen LogP contribution is 2.37. The largest absolute Gasteiger partial charge is 0.504 e. The minimum Gasteiger partial charge on any atom is -0.504 e. The number of phenols is 1. The van der Waals surface area contributed by atoms with Crippen molar-refractivity contribution >= 4 is 5.91 Å². The molecule has 0 saturated carbocycles. The van der Waals surface area contributed by atoms with Crippen LogP contribution in [0.2, 0.25) is 0 Å². The van der Waals surface area contributed by atoms with Crippen molar-refractivity contribution in [1.29, 1.82) is 0 Å². The van der Waals surface area contributed by atoms with Crippen molar-refractivity contribution in [2.24, 2.45) is 5.92 Å². The highest BCUT2D eigenvalue weighted by molar-refractivity contribution is 5.98. The maximum Gasteiger partial charge on any atom is 0.253 e. The van der Waals surface area contributed by atoms with Crippen LogP contribution in [-0.4, -0.2) is 60.1 Å². The number of aryl methyl sites for hydroxylation is 1. The van der Waals surface area contributed by atoms with Crippen molar-refractivity contribution in [2.45, 2.75) is 58.9 Å². The molecule has 1 aliphatic heterocycles. The maximum absolute atomic E-state index is 12.6. The molecule has 2 aliphatic rings. The first-order valence-corrected chi connectivity index (χ1v) is 11.4. The number of phenolic OH excluding ortho intramolecular Hbond substituents is 1. The zero-order valence-corrected chi connectivity index (χ0v) is 20.0. The van der Waals surface area contributed by atoms with Gasteiger partial charge in [-0.15, -0.1) is 0 Å². The Balaban J connectivity index is 1.64. The maximum atomic E-state index is 12.6. The number of rotatable bonds is 8. The van der Waals surface area contributed by atoms with Gasteiger partial charge in [-0.1, -0.05) is 31.6 Å². The molecule has 0 aromatic heterocycles. The summed E-state index contributed by atoms with van der Waals surface area (Å²) in [5.41, 5.74) is 4.74. The minimum absolute atomic E-state index is 0.000450. The fourth-order valence-corrected chi connectivity index (χ4v) is 4.28. The molecule has 1 aromatic rings. The topological polar surface area (TPSA) is 53.0 Å². The van der Waals surface area contributed by atoms with E-state index in [-0.39, 0.29) is 17.2 Å². The molecule has 0 atom stereocenters.